The van der Waals surface area contributed by atoms with E-state index < -0.39 is 0 Å². The van der Waals surface area contributed by atoms with E-state index in [2.05, 4.69) is 34.8 Å². The molecule has 4 nitrogen and oxygen atoms in total. The summed E-state index contributed by atoms with van der Waals surface area (Å²) in [7, 11) is 0. The fraction of sp³-hybridized carbons (Fsp3) is 0.533. The molecule has 1 aliphatic rings. The first kappa shape index (κ1) is 15.6. The summed E-state index contributed by atoms with van der Waals surface area (Å²) in [5, 5.41) is 13.2. The Hall–Kier alpha value is -0.820. The molecule has 0 aliphatic carbocycles. The van der Waals surface area contributed by atoms with Crippen LogP contribution < -0.4 is 5.32 Å². The number of nitrogens with zero attached hydrogens (tertiary/aromatic N) is 1. The third-order valence-electron chi connectivity index (χ3n) is 3.77. The number of aromatic hydroxyl groups is 1. The molecule has 20 heavy (non-hydrogen) atoms. The molecule has 1 heterocycles. The van der Waals surface area contributed by atoms with Crippen LogP contribution in [0.3, 0.4) is 0 Å². The number of piperidine rings is 1. The van der Waals surface area contributed by atoms with Gasteiger partial charge in [0.15, 0.2) is 0 Å². The van der Waals surface area contributed by atoms with Crippen LogP contribution in [-0.2, 0) is 0 Å². The van der Waals surface area contributed by atoms with Gasteiger partial charge in [0.25, 0.3) is 5.91 Å². The summed E-state index contributed by atoms with van der Waals surface area (Å²) < 4.78 is 0.964. The van der Waals surface area contributed by atoms with Crippen molar-refractivity contribution in [3.8, 4) is 5.75 Å². The van der Waals surface area contributed by atoms with Crippen LogP contribution in [0.25, 0.3) is 0 Å². The Morgan fingerprint density at radius 1 is 1.45 bits per heavy atom. The normalized spacial score (nSPS) is 16.4. The van der Waals surface area contributed by atoms with Gasteiger partial charge in [-0.3, -0.25) is 4.79 Å². The van der Waals surface area contributed by atoms with E-state index in [0.717, 1.165) is 42.6 Å². The lowest BCUT2D eigenvalue weighted by atomic mass is 9.96. The summed E-state index contributed by atoms with van der Waals surface area (Å²) in [4.78, 5) is 14.3. The molecule has 1 aromatic rings. The topological polar surface area (TPSA) is 52.6 Å². The Morgan fingerprint density at radius 2 is 2.15 bits per heavy atom. The molecule has 2 rings (SSSR count). The quantitative estimate of drug-likeness (QED) is 0.780. The van der Waals surface area contributed by atoms with Crippen molar-refractivity contribution in [2.75, 3.05) is 26.2 Å². The molecule has 0 bridgehead atoms. The number of amides is 1. The van der Waals surface area contributed by atoms with Gasteiger partial charge in [-0.1, -0.05) is 6.92 Å². The summed E-state index contributed by atoms with van der Waals surface area (Å²) in [6, 6.07) is 5.14. The first-order chi connectivity index (χ1) is 9.61. The van der Waals surface area contributed by atoms with Gasteiger partial charge in [0.1, 0.15) is 5.75 Å². The summed E-state index contributed by atoms with van der Waals surface area (Å²) in [5.41, 5.74) is 0.419. The van der Waals surface area contributed by atoms with Gasteiger partial charge in [-0.05, 0) is 72.6 Å². The number of hydrogen-bond donors (Lipinski definition) is 2. The average Bonchev–Trinajstić information content (AvgIpc) is 2.47. The van der Waals surface area contributed by atoms with Gasteiger partial charge in [-0.15, -0.1) is 0 Å². The number of carbonyl (C=O) groups is 1. The molecule has 0 unspecified atom stereocenters. The molecule has 1 saturated heterocycles. The van der Waals surface area contributed by atoms with Gasteiger partial charge in [0, 0.05) is 16.7 Å². The van der Waals surface area contributed by atoms with Crippen molar-refractivity contribution >= 4 is 28.5 Å². The Kier molecular flexibility index (Phi) is 5.65. The monoisotopic (exact) mass is 388 g/mol. The number of benzene rings is 1. The Balaban J connectivity index is 1.96. The Bertz CT molecular complexity index is 471. The van der Waals surface area contributed by atoms with Gasteiger partial charge in [-0.2, -0.15) is 0 Å². The van der Waals surface area contributed by atoms with Crippen LogP contribution in [0.4, 0.5) is 0 Å². The molecule has 110 valence electrons. The molecule has 0 aromatic heterocycles. The third-order valence-corrected chi connectivity index (χ3v) is 4.44. The molecule has 0 spiro atoms. The van der Waals surface area contributed by atoms with Crippen LogP contribution in [0.1, 0.15) is 30.1 Å². The minimum absolute atomic E-state index is 0.0529. The second-order valence-electron chi connectivity index (χ2n) is 5.20. The van der Waals surface area contributed by atoms with E-state index in [1.54, 1.807) is 18.2 Å². The Labute approximate surface area is 133 Å². The molecular weight excluding hydrogens is 367 g/mol. The molecule has 2 N–H and O–H groups in total. The Morgan fingerprint density at radius 3 is 2.80 bits per heavy atom. The zero-order valence-electron chi connectivity index (χ0n) is 11.7. The number of likely N-dealkylation sites (tertiary alicyclic amines) is 1. The highest BCUT2D eigenvalue weighted by molar-refractivity contribution is 14.1. The van der Waals surface area contributed by atoms with E-state index in [1.165, 1.54) is 0 Å². The number of phenols is 1. The number of carbonyl (C=O) groups excluding carboxylic acids is 1. The maximum atomic E-state index is 12.4. The summed E-state index contributed by atoms with van der Waals surface area (Å²) in [6.45, 7) is 5.69. The number of hydrogen-bond acceptors (Lipinski definition) is 3. The molecule has 1 aromatic carbocycles. The van der Waals surface area contributed by atoms with Gasteiger partial charge >= 0.3 is 0 Å². The fourth-order valence-corrected chi connectivity index (χ4v) is 3.03. The molecule has 0 radical (unpaired) electrons. The largest absolute Gasteiger partial charge is 0.507 e. The lowest BCUT2D eigenvalue weighted by molar-refractivity contribution is 0.0687. The molecule has 1 amide bonds. The van der Waals surface area contributed by atoms with Crippen molar-refractivity contribution in [3.05, 3.63) is 27.3 Å². The molecular formula is C15H21IN2O2. The van der Waals surface area contributed by atoms with Gasteiger partial charge < -0.3 is 15.3 Å². The lowest BCUT2D eigenvalue weighted by Crippen LogP contribution is -2.40. The highest BCUT2D eigenvalue weighted by atomic mass is 127. The maximum absolute atomic E-state index is 12.4. The van der Waals surface area contributed by atoms with Crippen LogP contribution in [-0.4, -0.2) is 42.1 Å². The predicted molar refractivity (Wildman–Crippen MR) is 88.0 cm³/mol. The van der Waals surface area contributed by atoms with Crippen molar-refractivity contribution in [3.63, 3.8) is 0 Å². The zero-order valence-corrected chi connectivity index (χ0v) is 13.9. The van der Waals surface area contributed by atoms with Crippen molar-refractivity contribution in [1.82, 2.24) is 10.2 Å². The fourth-order valence-electron chi connectivity index (χ4n) is 2.54. The first-order valence-electron chi connectivity index (χ1n) is 7.10. The van der Waals surface area contributed by atoms with Crippen molar-refractivity contribution in [2.45, 2.75) is 19.8 Å². The first-order valence-corrected chi connectivity index (χ1v) is 8.18. The van der Waals surface area contributed by atoms with Crippen LogP contribution in [0.5, 0.6) is 5.75 Å². The molecule has 1 aliphatic heterocycles. The highest BCUT2D eigenvalue weighted by Crippen LogP contribution is 2.24. The van der Waals surface area contributed by atoms with E-state index in [9.17, 15) is 9.90 Å². The van der Waals surface area contributed by atoms with Gasteiger partial charge in [0.05, 0.1) is 5.56 Å². The van der Waals surface area contributed by atoms with Crippen LogP contribution in [0.2, 0.25) is 0 Å². The summed E-state index contributed by atoms with van der Waals surface area (Å²) >= 11 is 2.15. The number of halogens is 1. The second kappa shape index (κ2) is 7.26. The average molecular weight is 388 g/mol. The third kappa shape index (κ3) is 3.85. The zero-order chi connectivity index (χ0) is 14.5. The highest BCUT2D eigenvalue weighted by Gasteiger charge is 2.24. The minimum Gasteiger partial charge on any atom is -0.507 e. The minimum atomic E-state index is -0.0529. The number of rotatable bonds is 4. The predicted octanol–water partition coefficient (Wildman–Crippen LogP) is 2.46. The van der Waals surface area contributed by atoms with Crippen LogP contribution in [0, 0.1) is 9.49 Å². The molecule has 0 saturated carbocycles. The van der Waals surface area contributed by atoms with E-state index >= 15 is 0 Å². The maximum Gasteiger partial charge on any atom is 0.257 e. The van der Waals surface area contributed by atoms with E-state index in [-0.39, 0.29) is 11.7 Å². The van der Waals surface area contributed by atoms with E-state index in [1.807, 2.05) is 4.90 Å². The SMILES string of the molecule is CCNCC1CCN(C(=O)c2cc(I)ccc2O)CC1. The summed E-state index contributed by atoms with van der Waals surface area (Å²) in [5.74, 6) is 0.677. The van der Waals surface area contributed by atoms with Crippen molar-refractivity contribution in [2.24, 2.45) is 5.92 Å². The molecule has 0 atom stereocenters. The van der Waals surface area contributed by atoms with Crippen LogP contribution >= 0.6 is 22.6 Å². The molecule has 5 heteroatoms. The van der Waals surface area contributed by atoms with Gasteiger partial charge in [-0.25, -0.2) is 0 Å². The standard InChI is InChI=1S/C15H21IN2O2/c1-2-17-10-11-5-7-18(8-6-11)15(20)13-9-12(16)3-4-14(13)19/h3-4,9,11,17,19H,2,5-8,10H2,1H3. The molecule has 1 fully saturated rings. The van der Waals surface area contributed by atoms with Crippen molar-refractivity contribution in [1.29, 1.82) is 0 Å². The smallest absolute Gasteiger partial charge is 0.257 e. The lowest BCUT2D eigenvalue weighted by Gasteiger charge is -2.32. The van der Waals surface area contributed by atoms with Gasteiger partial charge in [0.2, 0.25) is 0 Å². The van der Waals surface area contributed by atoms with E-state index in [0.29, 0.717) is 11.5 Å². The number of phenolic OH excluding ortho intramolecular Hbond substituents is 1. The van der Waals surface area contributed by atoms with Crippen molar-refractivity contribution < 1.29 is 9.90 Å². The van der Waals surface area contributed by atoms with E-state index in [4.69, 9.17) is 0 Å². The number of nitrogens with one attached hydrogen (secondary N) is 1. The summed E-state index contributed by atoms with van der Waals surface area (Å²) in [6.07, 6.45) is 2.06. The van der Waals surface area contributed by atoms with Crippen LogP contribution in [0.15, 0.2) is 18.2 Å². The second-order valence-corrected chi connectivity index (χ2v) is 6.45.